The van der Waals surface area contributed by atoms with Gasteiger partial charge in [0, 0.05) is 31.7 Å². The fourth-order valence-electron chi connectivity index (χ4n) is 5.23. The van der Waals surface area contributed by atoms with Crippen molar-refractivity contribution in [3.63, 3.8) is 0 Å². The van der Waals surface area contributed by atoms with Crippen molar-refractivity contribution in [3.05, 3.63) is 0 Å². The van der Waals surface area contributed by atoms with E-state index in [4.69, 9.17) is 0 Å². The Labute approximate surface area is 166 Å². The highest BCUT2D eigenvalue weighted by Crippen LogP contribution is 2.30. The number of rotatable bonds is 6. The van der Waals surface area contributed by atoms with Gasteiger partial charge < -0.3 is 15.5 Å². The molecule has 3 heterocycles. The molecule has 156 valence electrons. The fourth-order valence-corrected chi connectivity index (χ4v) is 5.23. The molecule has 0 aromatic rings. The molecule has 6 heteroatoms. The van der Waals surface area contributed by atoms with Crippen molar-refractivity contribution >= 4 is 5.96 Å². The number of hydrogen-bond donors (Lipinski definition) is 2. The van der Waals surface area contributed by atoms with Crippen molar-refractivity contribution in [3.8, 4) is 0 Å². The summed E-state index contributed by atoms with van der Waals surface area (Å²) in [7, 11) is 4.17. The average molecular weight is 379 g/mol. The number of hydrogen-bond acceptors (Lipinski definition) is 4. The minimum atomic E-state index is 0.299. The number of piperidine rings is 2. The van der Waals surface area contributed by atoms with Crippen LogP contribution in [0.5, 0.6) is 0 Å². The average Bonchev–Trinajstić information content (AvgIpc) is 3.18. The highest BCUT2D eigenvalue weighted by atomic mass is 15.3. The van der Waals surface area contributed by atoms with Crippen LogP contribution >= 0.6 is 0 Å². The quantitative estimate of drug-likeness (QED) is 0.543. The lowest BCUT2D eigenvalue weighted by Gasteiger charge is -2.50. The zero-order chi connectivity index (χ0) is 19.1. The van der Waals surface area contributed by atoms with Crippen LogP contribution in [-0.2, 0) is 0 Å². The Bertz CT molecular complexity index is 465. The Kier molecular flexibility index (Phi) is 7.79. The van der Waals surface area contributed by atoms with Crippen molar-refractivity contribution in [2.45, 2.75) is 63.5 Å². The lowest BCUT2D eigenvalue weighted by molar-refractivity contribution is 0.0173. The molecule has 0 amide bonds. The number of likely N-dealkylation sites (N-methyl/N-ethyl adjacent to an activating group) is 1. The van der Waals surface area contributed by atoms with Gasteiger partial charge in [0.2, 0.25) is 0 Å². The number of likely N-dealkylation sites (tertiary alicyclic amines) is 3. The Hall–Kier alpha value is -0.850. The first-order chi connectivity index (χ1) is 13.2. The smallest absolute Gasteiger partial charge is 0.191 e. The molecule has 3 rings (SSSR count). The van der Waals surface area contributed by atoms with Gasteiger partial charge in [-0.05, 0) is 84.8 Å². The summed E-state index contributed by atoms with van der Waals surface area (Å²) in [6, 6.07) is 0.660. The van der Waals surface area contributed by atoms with Crippen molar-refractivity contribution in [1.29, 1.82) is 0 Å². The zero-order valence-corrected chi connectivity index (χ0v) is 18.0. The molecule has 0 bridgehead atoms. The van der Waals surface area contributed by atoms with Crippen LogP contribution in [0.3, 0.4) is 0 Å². The molecule has 3 aliphatic heterocycles. The predicted molar refractivity (Wildman–Crippen MR) is 115 cm³/mol. The summed E-state index contributed by atoms with van der Waals surface area (Å²) in [5.74, 6) is 0.980. The molecule has 3 aliphatic rings. The van der Waals surface area contributed by atoms with Gasteiger partial charge in [0.25, 0.3) is 0 Å². The third-order valence-corrected chi connectivity index (χ3v) is 7.16. The third-order valence-electron chi connectivity index (χ3n) is 7.16. The van der Waals surface area contributed by atoms with Crippen LogP contribution in [0.25, 0.3) is 0 Å². The van der Waals surface area contributed by atoms with Gasteiger partial charge in [0.1, 0.15) is 0 Å². The number of guanidine groups is 1. The van der Waals surface area contributed by atoms with Gasteiger partial charge in [-0.25, -0.2) is 0 Å². The monoisotopic (exact) mass is 378 g/mol. The van der Waals surface area contributed by atoms with Crippen LogP contribution in [0.1, 0.15) is 51.9 Å². The molecule has 3 saturated heterocycles. The first-order valence-electron chi connectivity index (χ1n) is 11.3. The number of nitrogens with one attached hydrogen (secondary N) is 2. The van der Waals surface area contributed by atoms with E-state index < -0.39 is 0 Å². The van der Waals surface area contributed by atoms with Gasteiger partial charge in [-0.2, -0.15) is 0 Å². The molecule has 0 aromatic heterocycles. The molecule has 0 aliphatic carbocycles. The summed E-state index contributed by atoms with van der Waals surface area (Å²) in [6.07, 6.45) is 9.29. The minimum Gasteiger partial charge on any atom is -0.355 e. The Morgan fingerprint density at radius 3 is 2.41 bits per heavy atom. The highest BCUT2D eigenvalue weighted by Gasteiger charge is 2.39. The largest absolute Gasteiger partial charge is 0.355 e. The van der Waals surface area contributed by atoms with E-state index >= 15 is 0 Å². The molecule has 3 fully saturated rings. The maximum atomic E-state index is 4.52. The van der Waals surface area contributed by atoms with Crippen molar-refractivity contribution in [2.24, 2.45) is 4.99 Å². The molecule has 1 atom stereocenters. The summed E-state index contributed by atoms with van der Waals surface area (Å²) < 4.78 is 0. The summed E-state index contributed by atoms with van der Waals surface area (Å²) in [4.78, 5) is 12.4. The maximum Gasteiger partial charge on any atom is 0.191 e. The molecule has 0 saturated carbocycles. The van der Waals surface area contributed by atoms with E-state index in [2.05, 4.69) is 44.3 Å². The van der Waals surface area contributed by atoms with E-state index in [-0.39, 0.29) is 0 Å². The summed E-state index contributed by atoms with van der Waals surface area (Å²) in [5, 5.41) is 7.32. The highest BCUT2D eigenvalue weighted by molar-refractivity contribution is 5.79. The van der Waals surface area contributed by atoms with E-state index in [9.17, 15) is 0 Å². The van der Waals surface area contributed by atoms with E-state index in [0.29, 0.717) is 11.6 Å². The van der Waals surface area contributed by atoms with Gasteiger partial charge in [0.05, 0.1) is 0 Å². The Morgan fingerprint density at radius 1 is 1.00 bits per heavy atom. The number of nitrogens with zero attached hydrogens (tertiary/aromatic N) is 4. The zero-order valence-electron chi connectivity index (χ0n) is 18.0. The van der Waals surface area contributed by atoms with E-state index in [0.717, 1.165) is 25.6 Å². The number of aliphatic imine (C=N–C) groups is 1. The van der Waals surface area contributed by atoms with Gasteiger partial charge in [0.15, 0.2) is 5.96 Å². The van der Waals surface area contributed by atoms with Crippen molar-refractivity contribution in [2.75, 3.05) is 66.5 Å². The standard InChI is InChI=1S/C21H42N6/c1-4-26-12-8-9-19(26)17-23-20(22-2)24-18-21(10-15-25(3)16-11-21)27-13-6-5-7-14-27/h19H,4-18H2,1-3H3,(H2,22,23,24). The van der Waals surface area contributed by atoms with Gasteiger partial charge in [-0.15, -0.1) is 0 Å². The Balaban J connectivity index is 1.55. The lowest BCUT2D eigenvalue weighted by Crippen LogP contribution is -2.62. The van der Waals surface area contributed by atoms with Crippen LogP contribution < -0.4 is 10.6 Å². The molecule has 1 unspecified atom stereocenters. The molecular formula is C21H42N6. The van der Waals surface area contributed by atoms with Gasteiger partial charge in [-0.3, -0.25) is 14.8 Å². The molecule has 2 N–H and O–H groups in total. The summed E-state index contributed by atoms with van der Waals surface area (Å²) in [6.45, 7) is 11.7. The molecule has 0 radical (unpaired) electrons. The first kappa shape index (κ1) is 20.9. The maximum absolute atomic E-state index is 4.52. The van der Waals surface area contributed by atoms with Crippen molar-refractivity contribution < 1.29 is 0 Å². The SMILES string of the molecule is CCN1CCCC1CNC(=NC)NCC1(N2CCCCC2)CCN(C)CC1. The predicted octanol–water partition coefficient (Wildman–Crippen LogP) is 1.59. The summed E-state index contributed by atoms with van der Waals surface area (Å²) in [5.41, 5.74) is 0.299. The second-order valence-electron chi connectivity index (χ2n) is 8.81. The van der Waals surface area contributed by atoms with Gasteiger partial charge in [-0.1, -0.05) is 13.3 Å². The van der Waals surface area contributed by atoms with Gasteiger partial charge >= 0.3 is 0 Å². The lowest BCUT2D eigenvalue weighted by atomic mass is 9.84. The van der Waals surface area contributed by atoms with Crippen LogP contribution in [0.4, 0.5) is 0 Å². The molecule has 0 spiro atoms. The van der Waals surface area contributed by atoms with Crippen molar-refractivity contribution in [1.82, 2.24) is 25.3 Å². The van der Waals surface area contributed by atoms with Crippen LogP contribution in [0.15, 0.2) is 4.99 Å². The fraction of sp³-hybridized carbons (Fsp3) is 0.952. The van der Waals surface area contributed by atoms with E-state index in [1.807, 2.05) is 7.05 Å². The second-order valence-corrected chi connectivity index (χ2v) is 8.81. The van der Waals surface area contributed by atoms with E-state index in [1.54, 1.807) is 0 Å². The van der Waals surface area contributed by atoms with Crippen LogP contribution in [-0.4, -0.2) is 98.7 Å². The normalized spacial score (nSPS) is 28.4. The summed E-state index contributed by atoms with van der Waals surface area (Å²) >= 11 is 0. The second kappa shape index (κ2) is 10.1. The van der Waals surface area contributed by atoms with Crippen LogP contribution in [0, 0.1) is 0 Å². The molecule has 0 aromatic carbocycles. The minimum absolute atomic E-state index is 0.299. The third kappa shape index (κ3) is 5.36. The Morgan fingerprint density at radius 2 is 1.74 bits per heavy atom. The first-order valence-corrected chi connectivity index (χ1v) is 11.3. The molecular weight excluding hydrogens is 336 g/mol. The topological polar surface area (TPSA) is 46.1 Å². The van der Waals surface area contributed by atoms with E-state index in [1.165, 1.54) is 77.7 Å². The van der Waals surface area contributed by atoms with Crippen LogP contribution in [0.2, 0.25) is 0 Å². The molecule has 27 heavy (non-hydrogen) atoms. The molecule has 6 nitrogen and oxygen atoms in total.